The predicted octanol–water partition coefficient (Wildman–Crippen LogP) is 4.45. The van der Waals surface area contributed by atoms with Crippen molar-refractivity contribution in [2.45, 2.75) is 49.7 Å². The van der Waals surface area contributed by atoms with Crippen LogP contribution in [0.1, 0.15) is 43.2 Å². The average Bonchev–Trinajstić information content (AvgIpc) is 2.75. The molecule has 0 aromatic heterocycles. The highest BCUT2D eigenvalue weighted by Crippen LogP contribution is 2.24. The Morgan fingerprint density at radius 3 is 2.40 bits per heavy atom. The molecule has 1 fully saturated rings. The van der Waals surface area contributed by atoms with Crippen LogP contribution in [0.4, 0.5) is 4.39 Å². The molecule has 2 aromatic carbocycles. The summed E-state index contributed by atoms with van der Waals surface area (Å²) in [4.78, 5) is 13.6. The Kier molecular flexibility index (Phi) is 9.02. The second-order valence-corrected chi connectivity index (χ2v) is 9.25. The lowest BCUT2D eigenvalue weighted by molar-refractivity contribution is -0.142. The number of unbranched alkanes of at least 4 members (excludes halogenated alkanes) is 3. The van der Waals surface area contributed by atoms with Crippen molar-refractivity contribution in [1.82, 2.24) is 4.90 Å². The van der Waals surface area contributed by atoms with Crippen molar-refractivity contribution in [2.75, 3.05) is 19.8 Å². The average molecular weight is 432 g/mol. The molecule has 0 saturated carbocycles. The van der Waals surface area contributed by atoms with Gasteiger partial charge in [-0.3, -0.25) is 9.00 Å². The number of carbonyl (C=O) groups excluding carboxylic acids is 1. The number of ether oxygens (including phenoxy) is 1. The molecule has 4 nitrogen and oxygen atoms in total. The van der Waals surface area contributed by atoms with E-state index in [1.54, 1.807) is 4.90 Å². The summed E-state index contributed by atoms with van der Waals surface area (Å²) in [5.41, 5.74) is 2.21. The molecule has 2 unspecified atom stereocenters. The first-order chi connectivity index (χ1) is 14.6. The number of amides is 1. The Morgan fingerprint density at radius 1 is 0.933 bits per heavy atom. The Hall–Kier alpha value is -2.05. The summed E-state index contributed by atoms with van der Waals surface area (Å²) in [5.74, 6) is 0.351. The zero-order chi connectivity index (χ0) is 21.2. The monoisotopic (exact) mass is 431 g/mol. The lowest BCUT2D eigenvalue weighted by Crippen LogP contribution is -2.55. The van der Waals surface area contributed by atoms with Gasteiger partial charge < -0.3 is 9.64 Å². The molecule has 0 radical (unpaired) electrons. The minimum absolute atomic E-state index is 0.0609. The van der Waals surface area contributed by atoms with E-state index in [0.717, 1.165) is 37.7 Å². The molecule has 0 bridgehead atoms. The molecule has 6 heteroatoms. The standard InChI is InChI=1S/C24H30FNO3S/c25-22-13-11-20(12-14-22)8-4-1-2-7-16-29-17-15-26-23(27)18-24(26)30(28)19-21-9-5-3-6-10-21/h3,5-6,9-14,24H,1-2,4,7-8,15-19H2. The third kappa shape index (κ3) is 7.03. The Labute approximate surface area is 180 Å². The number of carbonyl (C=O) groups is 1. The summed E-state index contributed by atoms with van der Waals surface area (Å²) in [7, 11) is -1.08. The molecule has 1 amide bonds. The lowest BCUT2D eigenvalue weighted by Gasteiger charge is -2.39. The van der Waals surface area contributed by atoms with Gasteiger partial charge in [0.25, 0.3) is 0 Å². The number of hydrogen-bond acceptors (Lipinski definition) is 3. The Balaban J connectivity index is 1.23. The molecule has 2 aromatic rings. The molecule has 0 aliphatic carbocycles. The molecule has 162 valence electrons. The molecule has 3 rings (SSSR count). The fraction of sp³-hybridized carbons (Fsp3) is 0.458. The second kappa shape index (κ2) is 12.0. The summed E-state index contributed by atoms with van der Waals surface area (Å²) < 4.78 is 31.1. The van der Waals surface area contributed by atoms with E-state index >= 15 is 0 Å². The van der Waals surface area contributed by atoms with E-state index in [-0.39, 0.29) is 17.1 Å². The van der Waals surface area contributed by atoms with Gasteiger partial charge in [-0.2, -0.15) is 0 Å². The van der Waals surface area contributed by atoms with Gasteiger partial charge in [0.2, 0.25) is 5.91 Å². The van der Waals surface area contributed by atoms with Gasteiger partial charge in [0.1, 0.15) is 11.2 Å². The summed E-state index contributed by atoms with van der Waals surface area (Å²) in [6.45, 7) is 1.67. The van der Waals surface area contributed by atoms with Crippen LogP contribution in [-0.4, -0.2) is 40.1 Å². The number of β-lactam (4-membered cyclic amide) rings is 1. The van der Waals surface area contributed by atoms with Crippen LogP contribution in [0.15, 0.2) is 54.6 Å². The molecule has 1 aliphatic heterocycles. The van der Waals surface area contributed by atoms with Gasteiger partial charge in [-0.15, -0.1) is 0 Å². The number of hydrogen-bond donors (Lipinski definition) is 0. The highest BCUT2D eigenvalue weighted by molar-refractivity contribution is 7.84. The number of likely N-dealkylation sites (tertiary alicyclic amines) is 1. The molecule has 30 heavy (non-hydrogen) atoms. The molecule has 1 saturated heterocycles. The van der Waals surface area contributed by atoms with Crippen molar-refractivity contribution in [3.05, 3.63) is 71.5 Å². The van der Waals surface area contributed by atoms with Crippen LogP contribution in [0.25, 0.3) is 0 Å². The van der Waals surface area contributed by atoms with E-state index in [4.69, 9.17) is 4.74 Å². The molecule has 2 atom stereocenters. The minimum atomic E-state index is -1.08. The van der Waals surface area contributed by atoms with Gasteiger partial charge in [0, 0.05) is 24.0 Å². The number of rotatable bonds is 13. The van der Waals surface area contributed by atoms with Crippen molar-refractivity contribution < 1.29 is 18.1 Å². The van der Waals surface area contributed by atoms with Crippen LogP contribution >= 0.6 is 0 Å². The van der Waals surface area contributed by atoms with Crippen molar-refractivity contribution in [2.24, 2.45) is 0 Å². The fourth-order valence-electron chi connectivity index (χ4n) is 3.57. The highest BCUT2D eigenvalue weighted by Gasteiger charge is 2.39. The lowest BCUT2D eigenvalue weighted by atomic mass is 10.1. The van der Waals surface area contributed by atoms with E-state index in [9.17, 15) is 13.4 Å². The number of nitrogens with zero attached hydrogens (tertiary/aromatic N) is 1. The van der Waals surface area contributed by atoms with Crippen molar-refractivity contribution in [3.8, 4) is 0 Å². The van der Waals surface area contributed by atoms with E-state index in [1.165, 1.54) is 17.7 Å². The maximum absolute atomic E-state index is 12.9. The van der Waals surface area contributed by atoms with Crippen LogP contribution in [0.2, 0.25) is 0 Å². The minimum Gasteiger partial charge on any atom is -0.380 e. The first kappa shape index (κ1) is 22.6. The summed E-state index contributed by atoms with van der Waals surface area (Å²) in [5, 5.41) is -0.187. The van der Waals surface area contributed by atoms with Gasteiger partial charge in [0.05, 0.1) is 18.8 Å². The predicted molar refractivity (Wildman–Crippen MR) is 118 cm³/mol. The fourth-order valence-corrected chi connectivity index (χ4v) is 5.11. The molecule has 0 N–H and O–H groups in total. The van der Waals surface area contributed by atoms with Gasteiger partial charge >= 0.3 is 0 Å². The highest BCUT2D eigenvalue weighted by atomic mass is 32.2. The summed E-state index contributed by atoms with van der Waals surface area (Å²) in [6.07, 6.45) is 5.62. The molecule has 1 aliphatic rings. The summed E-state index contributed by atoms with van der Waals surface area (Å²) >= 11 is 0. The molecular weight excluding hydrogens is 401 g/mol. The van der Waals surface area contributed by atoms with Crippen molar-refractivity contribution in [1.29, 1.82) is 0 Å². The van der Waals surface area contributed by atoms with Crippen molar-refractivity contribution >= 4 is 16.7 Å². The van der Waals surface area contributed by atoms with Gasteiger partial charge in [0.15, 0.2) is 0 Å². The van der Waals surface area contributed by atoms with Gasteiger partial charge in [-0.05, 0) is 42.5 Å². The third-order valence-electron chi connectivity index (χ3n) is 5.37. The normalized spacial score (nSPS) is 17.0. The van der Waals surface area contributed by atoms with Crippen molar-refractivity contribution in [3.63, 3.8) is 0 Å². The molecule has 0 spiro atoms. The second-order valence-electron chi connectivity index (χ2n) is 7.66. The number of benzene rings is 2. The first-order valence-corrected chi connectivity index (χ1v) is 12.0. The number of aryl methyl sites for hydroxylation is 1. The smallest absolute Gasteiger partial charge is 0.226 e. The Morgan fingerprint density at radius 2 is 1.67 bits per heavy atom. The summed E-state index contributed by atoms with van der Waals surface area (Å²) in [6, 6.07) is 16.4. The maximum Gasteiger partial charge on any atom is 0.226 e. The van der Waals surface area contributed by atoms with E-state index in [0.29, 0.717) is 31.9 Å². The Bertz CT molecular complexity index is 813. The van der Waals surface area contributed by atoms with Crippen LogP contribution in [0.3, 0.4) is 0 Å². The van der Waals surface area contributed by atoms with Gasteiger partial charge in [-0.25, -0.2) is 4.39 Å². The molecular formula is C24H30FNO3S. The van der Waals surface area contributed by atoms with Crippen LogP contribution in [0, 0.1) is 5.82 Å². The SMILES string of the molecule is O=C1CC(S(=O)Cc2ccccc2)N1CCOCCCCCCc1ccc(F)cc1. The van der Waals surface area contributed by atoms with E-state index in [2.05, 4.69) is 0 Å². The zero-order valence-electron chi connectivity index (χ0n) is 17.3. The number of halogens is 1. The zero-order valence-corrected chi connectivity index (χ0v) is 18.1. The molecule has 1 heterocycles. The first-order valence-electron chi connectivity index (χ1n) is 10.7. The van der Waals surface area contributed by atoms with Gasteiger partial charge in [-0.1, -0.05) is 55.3 Å². The van der Waals surface area contributed by atoms with E-state index in [1.807, 2.05) is 42.5 Å². The van der Waals surface area contributed by atoms with Crippen LogP contribution in [-0.2, 0) is 32.5 Å². The quantitative estimate of drug-likeness (QED) is 0.348. The van der Waals surface area contributed by atoms with Crippen LogP contribution < -0.4 is 0 Å². The third-order valence-corrected chi connectivity index (χ3v) is 7.01. The van der Waals surface area contributed by atoms with E-state index < -0.39 is 10.8 Å². The maximum atomic E-state index is 12.9. The van der Waals surface area contributed by atoms with Crippen LogP contribution in [0.5, 0.6) is 0 Å². The topological polar surface area (TPSA) is 46.6 Å². The largest absolute Gasteiger partial charge is 0.380 e.